The molecular formula is C18H20N2OS. The van der Waals surface area contributed by atoms with E-state index in [2.05, 4.69) is 54.2 Å². The molecule has 0 unspecified atom stereocenters. The third kappa shape index (κ3) is 2.79. The standard InChI is InChI=1S/C18H20N2OS/c1-12(2)20-15-7-8-22-17(15)10-16(20)18(21)19-11-14-6-4-5-13(3)9-14/h4-10,12H,11H2,1-3H3,(H,19,21). The molecular weight excluding hydrogens is 292 g/mol. The van der Waals surface area contributed by atoms with Crippen LogP contribution in [0.4, 0.5) is 0 Å². The van der Waals surface area contributed by atoms with Gasteiger partial charge in [0, 0.05) is 12.6 Å². The lowest BCUT2D eigenvalue weighted by Gasteiger charge is -2.14. The van der Waals surface area contributed by atoms with Crippen molar-refractivity contribution in [2.75, 3.05) is 0 Å². The summed E-state index contributed by atoms with van der Waals surface area (Å²) in [7, 11) is 0. The molecule has 0 saturated carbocycles. The number of aromatic nitrogens is 1. The summed E-state index contributed by atoms with van der Waals surface area (Å²) in [4.78, 5) is 12.6. The van der Waals surface area contributed by atoms with Crippen LogP contribution < -0.4 is 5.32 Å². The van der Waals surface area contributed by atoms with E-state index in [9.17, 15) is 4.79 Å². The highest BCUT2D eigenvalue weighted by atomic mass is 32.1. The van der Waals surface area contributed by atoms with Gasteiger partial charge in [-0.05, 0) is 43.8 Å². The molecule has 22 heavy (non-hydrogen) atoms. The van der Waals surface area contributed by atoms with Crippen LogP contribution in [-0.4, -0.2) is 10.5 Å². The first-order valence-corrected chi connectivity index (χ1v) is 8.36. The number of carbonyl (C=O) groups excluding carboxylic acids is 1. The zero-order valence-electron chi connectivity index (χ0n) is 13.1. The molecule has 0 atom stereocenters. The van der Waals surface area contributed by atoms with Gasteiger partial charge in [0.15, 0.2) is 0 Å². The van der Waals surface area contributed by atoms with Gasteiger partial charge in [-0.3, -0.25) is 4.79 Å². The quantitative estimate of drug-likeness (QED) is 0.755. The van der Waals surface area contributed by atoms with E-state index in [0.29, 0.717) is 6.54 Å². The molecule has 114 valence electrons. The minimum absolute atomic E-state index is 0.0152. The van der Waals surface area contributed by atoms with E-state index >= 15 is 0 Å². The number of hydrogen-bond donors (Lipinski definition) is 1. The third-order valence-electron chi connectivity index (χ3n) is 3.74. The monoisotopic (exact) mass is 312 g/mol. The van der Waals surface area contributed by atoms with Crippen molar-refractivity contribution in [3.8, 4) is 0 Å². The minimum Gasteiger partial charge on any atom is -0.347 e. The second-order valence-electron chi connectivity index (χ2n) is 5.84. The van der Waals surface area contributed by atoms with Crippen LogP contribution in [0.1, 0.15) is 41.5 Å². The summed E-state index contributed by atoms with van der Waals surface area (Å²) in [6, 6.07) is 12.5. The lowest BCUT2D eigenvalue weighted by molar-refractivity contribution is 0.0940. The topological polar surface area (TPSA) is 34.0 Å². The summed E-state index contributed by atoms with van der Waals surface area (Å²) in [5.41, 5.74) is 4.21. The maximum Gasteiger partial charge on any atom is 0.268 e. The van der Waals surface area contributed by atoms with Gasteiger partial charge in [-0.2, -0.15) is 0 Å². The largest absolute Gasteiger partial charge is 0.347 e. The molecule has 1 amide bonds. The van der Waals surface area contributed by atoms with Crippen LogP contribution in [0.15, 0.2) is 41.8 Å². The molecule has 0 spiro atoms. The first kappa shape index (κ1) is 14.9. The fourth-order valence-electron chi connectivity index (χ4n) is 2.77. The van der Waals surface area contributed by atoms with Crippen LogP contribution in [-0.2, 0) is 6.54 Å². The Morgan fingerprint density at radius 3 is 2.82 bits per heavy atom. The number of fused-ring (bicyclic) bond motifs is 1. The zero-order valence-corrected chi connectivity index (χ0v) is 13.9. The number of nitrogens with one attached hydrogen (secondary N) is 1. The maximum atomic E-state index is 12.6. The summed E-state index contributed by atoms with van der Waals surface area (Å²) >= 11 is 1.67. The first-order valence-electron chi connectivity index (χ1n) is 7.48. The van der Waals surface area contributed by atoms with Gasteiger partial charge in [-0.25, -0.2) is 0 Å². The van der Waals surface area contributed by atoms with Crippen molar-refractivity contribution in [1.82, 2.24) is 9.88 Å². The number of nitrogens with zero attached hydrogens (tertiary/aromatic N) is 1. The fraction of sp³-hybridized carbons (Fsp3) is 0.278. The summed E-state index contributed by atoms with van der Waals surface area (Å²) in [6.07, 6.45) is 0. The molecule has 0 radical (unpaired) electrons. The van der Waals surface area contributed by atoms with Gasteiger partial charge >= 0.3 is 0 Å². The normalized spacial score (nSPS) is 11.3. The predicted octanol–water partition coefficient (Wildman–Crippen LogP) is 4.52. The van der Waals surface area contributed by atoms with E-state index in [1.54, 1.807) is 11.3 Å². The molecule has 3 aromatic rings. The summed E-state index contributed by atoms with van der Waals surface area (Å²) < 4.78 is 3.27. The first-order chi connectivity index (χ1) is 10.6. The second kappa shape index (κ2) is 5.97. The van der Waals surface area contributed by atoms with Gasteiger partial charge in [0.25, 0.3) is 5.91 Å². The molecule has 3 nitrogen and oxygen atoms in total. The lowest BCUT2D eigenvalue weighted by atomic mass is 10.1. The molecule has 0 saturated heterocycles. The van der Waals surface area contributed by atoms with E-state index < -0.39 is 0 Å². The molecule has 1 N–H and O–H groups in total. The Bertz CT molecular complexity index is 813. The lowest BCUT2D eigenvalue weighted by Crippen LogP contribution is -2.26. The van der Waals surface area contributed by atoms with Crippen molar-refractivity contribution in [3.63, 3.8) is 0 Å². The highest BCUT2D eigenvalue weighted by Crippen LogP contribution is 2.28. The summed E-state index contributed by atoms with van der Waals surface area (Å²) in [6.45, 7) is 6.82. The Kier molecular flexibility index (Phi) is 4.03. The minimum atomic E-state index is -0.0152. The van der Waals surface area contributed by atoms with Gasteiger partial charge < -0.3 is 9.88 Å². The van der Waals surface area contributed by atoms with Crippen molar-refractivity contribution in [3.05, 3.63) is 58.6 Å². The van der Waals surface area contributed by atoms with Crippen molar-refractivity contribution in [2.45, 2.75) is 33.4 Å². The Morgan fingerprint density at radius 1 is 1.27 bits per heavy atom. The average molecular weight is 312 g/mol. The van der Waals surface area contributed by atoms with Gasteiger partial charge in [0.05, 0.1) is 10.2 Å². The van der Waals surface area contributed by atoms with Crippen LogP contribution in [0.25, 0.3) is 10.2 Å². The number of amides is 1. The number of aryl methyl sites for hydroxylation is 1. The van der Waals surface area contributed by atoms with E-state index in [1.165, 1.54) is 5.56 Å². The van der Waals surface area contributed by atoms with Crippen LogP contribution in [0.3, 0.4) is 0 Å². The molecule has 2 aromatic heterocycles. The van der Waals surface area contributed by atoms with Crippen LogP contribution in [0, 0.1) is 6.92 Å². The molecule has 0 aliphatic rings. The summed E-state index contributed by atoms with van der Waals surface area (Å²) in [5, 5.41) is 5.10. The van der Waals surface area contributed by atoms with Gasteiger partial charge in [-0.1, -0.05) is 29.8 Å². The highest BCUT2D eigenvalue weighted by molar-refractivity contribution is 7.17. The van der Waals surface area contributed by atoms with Gasteiger partial charge in [0.1, 0.15) is 5.69 Å². The van der Waals surface area contributed by atoms with Crippen molar-refractivity contribution in [2.24, 2.45) is 0 Å². The smallest absolute Gasteiger partial charge is 0.268 e. The maximum absolute atomic E-state index is 12.6. The van der Waals surface area contributed by atoms with Crippen LogP contribution in [0.5, 0.6) is 0 Å². The molecule has 1 aromatic carbocycles. The fourth-order valence-corrected chi connectivity index (χ4v) is 3.58. The Labute approximate surface area is 134 Å². The van der Waals surface area contributed by atoms with Gasteiger partial charge in [0.2, 0.25) is 0 Å². The Morgan fingerprint density at radius 2 is 2.09 bits per heavy atom. The van der Waals surface area contributed by atoms with Crippen LogP contribution >= 0.6 is 11.3 Å². The average Bonchev–Trinajstić information content (AvgIpc) is 3.04. The number of hydrogen-bond acceptors (Lipinski definition) is 2. The van der Waals surface area contributed by atoms with Crippen molar-refractivity contribution in [1.29, 1.82) is 0 Å². The number of thiophene rings is 1. The highest BCUT2D eigenvalue weighted by Gasteiger charge is 2.17. The van der Waals surface area contributed by atoms with E-state index in [0.717, 1.165) is 21.5 Å². The number of benzene rings is 1. The molecule has 0 aliphatic heterocycles. The SMILES string of the molecule is Cc1cccc(CNC(=O)c2cc3sccc3n2C(C)C)c1. The van der Waals surface area contributed by atoms with Crippen molar-refractivity contribution >= 4 is 27.5 Å². The van der Waals surface area contributed by atoms with E-state index in [-0.39, 0.29) is 11.9 Å². The Balaban J connectivity index is 1.83. The van der Waals surface area contributed by atoms with E-state index in [4.69, 9.17) is 0 Å². The molecule has 0 fully saturated rings. The zero-order chi connectivity index (χ0) is 15.7. The van der Waals surface area contributed by atoms with Gasteiger partial charge in [-0.15, -0.1) is 11.3 Å². The molecule has 2 heterocycles. The summed E-state index contributed by atoms with van der Waals surface area (Å²) in [5.74, 6) is -0.0152. The molecule has 4 heteroatoms. The van der Waals surface area contributed by atoms with Crippen LogP contribution in [0.2, 0.25) is 0 Å². The molecule has 0 aliphatic carbocycles. The Hall–Kier alpha value is -2.07. The molecule has 3 rings (SSSR count). The van der Waals surface area contributed by atoms with Crippen molar-refractivity contribution < 1.29 is 4.79 Å². The number of rotatable bonds is 4. The molecule has 0 bridgehead atoms. The second-order valence-corrected chi connectivity index (χ2v) is 6.78. The predicted molar refractivity (Wildman–Crippen MR) is 92.5 cm³/mol. The third-order valence-corrected chi connectivity index (χ3v) is 4.60. The van der Waals surface area contributed by atoms with E-state index in [1.807, 2.05) is 18.2 Å². The number of carbonyl (C=O) groups is 1.